The van der Waals surface area contributed by atoms with Gasteiger partial charge in [-0.25, -0.2) is 0 Å². The number of carbonyl (C=O) groups is 1. The smallest absolute Gasteiger partial charge is 0.248 e. The van der Waals surface area contributed by atoms with E-state index < -0.39 is 0 Å². The average molecular weight is 271 g/mol. The first kappa shape index (κ1) is 10.6. The number of morpholine rings is 1. The number of ether oxygens (including phenoxy) is 1. The third kappa shape index (κ3) is 2.76. The van der Waals surface area contributed by atoms with Crippen molar-refractivity contribution in [1.82, 2.24) is 9.88 Å². The summed E-state index contributed by atoms with van der Waals surface area (Å²) >= 11 is 3.35. The molecule has 1 amide bonds. The molecule has 0 spiro atoms. The van der Waals surface area contributed by atoms with Crippen molar-refractivity contribution in [3.05, 3.63) is 28.5 Å². The van der Waals surface area contributed by atoms with Crippen molar-refractivity contribution in [1.29, 1.82) is 0 Å². The largest absolute Gasteiger partial charge is 0.370 e. The van der Waals surface area contributed by atoms with Crippen LogP contribution in [0.25, 0.3) is 0 Å². The standard InChI is InChI=1S/C10H11BrN2O2/c11-9-3-8(4-12-5-9)6-13-1-2-15-7-10(13)14/h3-5H,1-2,6-7H2. The van der Waals surface area contributed by atoms with Crippen molar-refractivity contribution in [3.8, 4) is 0 Å². The van der Waals surface area contributed by atoms with Gasteiger partial charge in [-0.3, -0.25) is 9.78 Å². The molecule has 1 aromatic heterocycles. The molecular formula is C10H11BrN2O2. The first-order chi connectivity index (χ1) is 7.25. The lowest BCUT2D eigenvalue weighted by Gasteiger charge is -2.26. The maximum Gasteiger partial charge on any atom is 0.248 e. The molecule has 0 aromatic carbocycles. The molecule has 1 saturated heterocycles. The number of pyridine rings is 1. The Morgan fingerprint density at radius 1 is 1.53 bits per heavy atom. The van der Waals surface area contributed by atoms with Crippen LogP contribution in [0, 0.1) is 0 Å². The lowest BCUT2D eigenvalue weighted by atomic mass is 10.2. The molecule has 1 aliphatic heterocycles. The first-order valence-electron chi connectivity index (χ1n) is 4.70. The van der Waals surface area contributed by atoms with Crippen LogP contribution in [0.3, 0.4) is 0 Å². The fourth-order valence-corrected chi connectivity index (χ4v) is 1.89. The van der Waals surface area contributed by atoms with Crippen molar-refractivity contribution in [3.63, 3.8) is 0 Å². The highest BCUT2D eigenvalue weighted by atomic mass is 79.9. The number of hydrogen-bond donors (Lipinski definition) is 0. The van der Waals surface area contributed by atoms with Crippen LogP contribution in [0.1, 0.15) is 5.56 Å². The third-order valence-electron chi connectivity index (χ3n) is 2.22. The molecule has 0 saturated carbocycles. The SMILES string of the molecule is O=C1COCCN1Cc1cncc(Br)c1. The predicted octanol–water partition coefficient (Wildman–Crippen LogP) is 1.20. The van der Waals surface area contributed by atoms with Gasteiger partial charge < -0.3 is 9.64 Å². The molecule has 2 rings (SSSR count). The van der Waals surface area contributed by atoms with E-state index in [9.17, 15) is 4.79 Å². The van der Waals surface area contributed by atoms with Crippen molar-refractivity contribution in [2.45, 2.75) is 6.54 Å². The van der Waals surface area contributed by atoms with E-state index in [-0.39, 0.29) is 12.5 Å². The number of rotatable bonds is 2. The van der Waals surface area contributed by atoms with Crippen LogP contribution in [0.2, 0.25) is 0 Å². The second kappa shape index (κ2) is 4.72. The van der Waals surface area contributed by atoms with Gasteiger partial charge >= 0.3 is 0 Å². The van der Waals surface area contributed by atoms with Crippen LogP contribution in [0.15, 0.2) is 22.9 Å². The summed E-state index contributed by atoms with van der Waals surface area (Å²) in [6, 6.07) is 1.97. The fourth-order valence-electron chi connectivity index (χ4n) is 1.48. The van der Waals surface area contributed by atoms with Gasteiger partial charge in [0.1, 0.15) is 6.61 Å². The normalized spacial score (nSPS) is 16.9. The highest BCUT2D eigenvalue weighted by molar-refractivity contribution is 9.10. The summed E-state index contributed by atoms with van der Waals surface area (Å²) in [6.07, 6.45) is 3.50. The number of halogens is 1. The van der Waals surface area contributed by atoms with Crippen molar-refractivity contribution in [2.24, 2.45) is 0 Å². The second-order valence-electron chi connectivity index (χ2n) is 3.38. The Morgan fingerprint density at radius 2 is 2.40 bits per heavy atom. The van der Waals surface area contributed by atoms with Crippen LogP contribution in [-0.2, 0) is 16.1 Å². The number of amides is 1. The Morgan fingerprint density at radius 3 is 3.13 bits per heavy atom. The number of carbonyl (C=O) groups excluding carboxylic acids is 1. The molecule has 0 aliphatic carbocycles. The summed E-state index contributed by atoms with van der Waals surface area (Å²) in [5, 5.41) is 0. The third-order valence-corrected chi connectivity index (χ3v) is 2.65. The van der Waals surface area contributed by atoms with Gasteiger partial charge in [0.25, 0.3) is 0 Å². The molecule has 0 atom stereocenters. The van der Waals surface area contributed by atoms with Gasteiger partial charge in [0.15, 0.2) is 0 Å². The van der Waals surface area contributed by atoms with E-state index in [1.54, 1.807) is 17.3 Å². The van der Waals surface area contributed by atoms with E-state index >= 15 is 0 Å². The summed E-state index contributed by atoms with van der Waals surface area (Å²) < 4.78 is 5.99. The molecule has 2 heterocycles. The minimum absolute atomic E-state index is 0.0428. The van der Waals surface area contributed by atoms with Gasteiger partial charge in [-0.1, -0.05) is 0 Å². The minimum atomic E-state index is 0.0428. The lowest BCUT2D eigenvalue weighted by molar-refractivity contribution is -0.143. The second-order valence-corrected chi connectivity index (χ2v) is 4.29. The van der Waals surface area contributed by atoms with Crippen LogP contribution in [0.5, 0.6) is 0 Å². The summed E-state index contributed by atoms with van der Waals surface area (Å²) in [5.74, 6) is 0.0428. The minimum Gasteiger partial charge on any atom is -0.370 e. The summed E-state index contributed by atoms with van der Waals surface area (Å²) in [4.78, 5) is 17.3. The summed E-state index contributed by atoms with van der Waals surface area (Å²) in [5.41, 5.74) is 1.03. The predicted molar refractivity (Wildman–Crippen MR) is 58.2 cm³/mol. The van der Waals surface area contributed by atoms with E-state index in [0.717, 1.165) is 10.0 Å². The van der Waals surface area contributed by atoms with Crippen LogP contribution in [0.4, 0.5) is 0 Å². The highest BCUT2D eigenvalue weighted by Crippen LogP contribution is 2.12. The Labute approximate surface area is 96.4 Å². The van der Waals surface area contributed by atoms with Gasteiger partial charge in [0.05, 0.1) is 6.61 Å². The van der Waals surface area contributed by atoms with E-state index in [1.807, 2.05) is 6.07 Å². The van der Waals surface area contributed by atoms with E-state index in [2.05, 4.69) is 20.9 Å². The molecule has 5 heteroatoms. The van der Waals surface area contributed by atoms with Crippen LogP contribution < -0.4 is 0 Å². The Kier molecular flexibility index (Phi) is 3.33. The highest BCUT2D eigenvalue weighted by Gasteiger charge is 2.18. The van der Waals surface area contributed by atoms with Crippen LogP contribution >= 0.6 is 15.9 Å². The molecule has 80 valence electrons. The van der Waals surface area contributed by atoms with Gasteiger partial charge in [-0.15, -0.1) is 0 Å². The molecule has 0 radical (unpaired) electrons. The zero-order valence-corrected chi connectivity index (χ0v) is 9.74. The maximum absolute atomic E-state index is 11.5. The Bertz CT molecular complexity index is 370. The maximum atomic E-state index is 11.5. The first-order valence-corrected chi connectivity index (χ1v) is 5.50. The summed E-state index contributed by atoms with van der Waals surface area (Å²) in [6.45, 7) is 2.08. The van der Waals surface area contributed by atoms with E-state index in [0.29, 0.717) is 19.7 Å². The fraction of sp³-hybridized carbons (Fsp3) is 0.400. The number of hydrogen-bond acceptors (Lipinski definition) is 3. The van der Waals surface area contributed by atoms with Gasteiger partial charge in [0, 0.05) is 30.0 Å². The van der Waals surface area contributed by atoms with Gasteiger partial charge in [0.2, 0.25) is 5.91 Å². The van der Waals surface area contributed by atoms with Crippen molar-refractivity contribution < 1.29 is 9.53 Å². The van der Waals surface area contributed by atoms with Crippen molar-refractivity contribution in [2.75, 3.05) is 19.8 Å². The van der Waals surface area contributed by atoms with Gasteiger partial charge in [-0.2, -0.15) is 0 Å². The summed E-state index contributed by atoms with van der Waals surface area (Å²) in [7, 11) is 0. The Balaban J connectivity index is 2.04. The van der Waals surface area contributed by atoms with Crippen molar-refractivity contribution >= 4 is 21.8 Å². The zero-order valence-electron chi connectivity index (χ0n) is 8.15. The molecule has 1 aromatic rings. The molecule has 4 nitrogen and oxygen atoms in total. The molecule has 15 heavy (non-hydrogen) atoms. The van der Waals surface area contributed by atoms with Crippen LogP contribution in [-0.4, -0.2) is 35.5 Å². The average Bonchev–Trinajstić information content (AvgIpc) is 2.22. The molecule has 0 N–H and O–H groups in total. The molecular weight excluding hydrogens is 260 g/mol. The number of aromatic nitrogens is 1. The quantitative estimate of drug-likeness (QED) is 0.811. The van der Waals surface area contributed by atoms with E-state index in [4.69, 9.17) is 4.74 Å². The monoisotopic (exact) mass is 270 g/mol. The number of nitrogens with zero attached hydrogens (tertiary/aromatic N) is 2. The Hall–Kier alpha value is -0.940. The van der Waals surface area contributed by atoms with E-state index in [1.165, 1.54) is 0 Å². The molecule has 1 aliphatic rings. The zero-order chi connectivity index (χ0) is 10.7. The molecule has 1 fully saturated rings. The molecule has 0 bridgehead atoms. The van der Waals surface area contributed by atoms with Gasteiger partial charge in [-0.05, 0) is 27.6 Å². The topological polar surface area (TPSA) is 42.4 Å². The molecule has 0 unspecified atom stereocenters. The lowest BCUT2D eigenvalue weighted by Crippen LogP contribution is -2.40.